The molecule has 2 N–H and O–H groups in total. The fourth-order valence-corrected chi connectivity index (χ4v) is 2.72. The summed E-state index contributed by atoms with van der Waals surface area (Å²) >= 11 is 0. The number of hydrogen-bond acceptors (Lipinski definition) is 2. The molecule has 0 aliphatic carbocycles. The number of nitrogens with one attached hydrogen (secondary N) is 2. The van der Waals surface area contributed by atoms with Crippen LogP contribution in [0.1, 0.15) is 36.2 Å². The normalized spacial score (nSPS) is 11.9. The van der Waals surface area contributed by atoms with Gasteiger partial charge in [0, 0.05) is 6.54 Å². The molecule has 4 nitrogen and oxygen atoms in total. The second-order valence-corrected chi connectivity index (χ2v) is 6.67. The van der Waals surface area contributed by atoms with Crippen molar-refractivity contribution in [1.82, 2.24) is 10.6 Å². The largest absolute Gasteiger partial charge is 0.354 e. The van der Waals surface area contributed by atoms with Crippen molar-refractivity contribution >= 4 is 11.8 Å². The van der Waals surface area contributed by atoms with Gasteiger partial charge in [0.2, 0.25) is 5.91 Å². The number of carbonyl (C=O) groups excluding carboxylic acids is 2. The Morgan fingerprint density at radius 3 is 2.19 bits per heavy atom. The van der Waals surface area contributed by atoms with Gasteiger partial charge in [0.25, 0.3) is 5.91 Å². The van der Waals surface area contributed by atoms with Crippen molar-refractivity contribution in [3.05, 3.63) is 71.3 Å². The van der Waals surface area contributed by atoms with Crippen molar-refractivity contribution in [1.29, 1.82) is 0 Å². The van der Waals surface area contributed by atoms with E-state index in [1.165, 1.54) is 11.6 Å². The van der Waals surface area contributed by atoms with Crippen LogP contribution in [0.5, 0.6) is 0 Å². The van der Waals surface area contributed by atoms with Gasteiger partial charge in [-0.2, -0.15) is 0 Å². The maximum Gasteiger partial charge on any atom is 0.257 e. The highest BCUT2D eigenvalue weighted by molar-refractivity contribution is 5.98. The van der Waals surface area contributed by atoms with Gasteiger partial charge in [-0.25, -0.2) is 8.78 Å². The number of rotatable bonds is 8. The van der Waals surface area contributed by atoms with Crippen molar-refractivity contribution in [2.24, 2.45) is 5.92 Å². The van der Waals surface area contributed by atoms with Gasteiger partial charge in [0.15, 0.2) is 0 Å². The van der Waals surface area contributed by atoms with E-state index in [9.17, 15) is 18.4 Å². The Balaban J connectivity index is 1.91. The number of aryl methyl sites for hydroxylation is 1. The molecule has 6 heteroatoms. The fourth-order valence-electron chi connectivity index (χ4n) is 2.72. The van der Waals surface area contributed by atoms with E-state index >= 15 is 0 Å². The Bertz CT molecular complexity index is 759. The van der Waals surface area contributed by atoms with Crippen molar-refractivity contribution in [3.8, 4) is 0 Å². The van der Waals surface area contributed by atoms with E-state index in [0.717, 1.165) is 25.0 Å². The van der Waals surface area contributed by atoms with E-state index in [2.05, 4.69) is 10.6 Å². The van der Waals surface area contributed by atoms with Gasteiger partial charge in [-0.3, -0.25) is 9.59 Å². The topological polar surface area (TPSA) is 58.2 Å². The Hall–Kier alpha value is -2.76. The monoisotopic (exact) mass is 374 g/mol. The summed E-state index contributed by atoms with van der Waals surface area (Å²) in [5.41, 5.74) is 0.496. The molecule has 0 aliphatic rings. The van der Waals surface area contributed by atoms with E-state index in [0.29, 0.717) is 6.54 Å². The van der Waals surface area contributed by atoms with Crippen LogP contribution >= 0.6 is 0 Å². The van der Waals surface area contributed by atoms with Crippen LogP contribution in [0, 0.1) is 17.6 Å². The summed E-state index contributed by atoms with van der Waals surface area (Å²) in [6.07, 6.45) is 1.57. The maximum atomic E-state index is 13.8. The van der Waals surface area contributed by atoms with E-state index < -0.39 is 29.1 Å². The molecule has 0 aromatic heterocycles. The molecule has 2 aromatic carbocycles. The minimum atomic E-state index is -0.960. The SMILES string of the molecule is CC(C)C(NC(=O)c1c(F)cccc1F)C(=O)NCCCc1ccccc1. The molecule has 0 bridgehead atoms. The zero-order chi connectivity index (χ0) is 19.8. The van der Waals surface area contributed by atoms with Gasteiger partial charge < -0.3 is 10.6 Å². The molecule has 1 atom stereocenters. The molecule has 0 heterocycles. The van der Waals surface area contributed by atoms with Gasteiger partial charge in [-0.1, -0.05) is 50.2 Å². The second-order valence-electron chi connectivity index (χ2n) is 6.67. The van der Waals surface area contributed by atoms with Gasteiger partial charge in [0.05, 0.1) is 0 Å². The quantitative estimate of drug-likeness (QED) is 0.695. The first kappa shape index (κ1) is 20.6. The highest BCUT2D eigenvalue weighted by atomic mass is 19.1. The average Bonchev–Trinajstić information content (AvgIpc) is 2.63. The summed E-state index contributed by atoms with van der Waals surface area (Å²) in [6, 6.07) is 12.2. The third-order valence-corrected chi connectivity index (χ3v) is 4.21. The molecule has 144 valence electrons. The molecule has 27 heavy (non-hydrogen) atoms. The Morgan fingerprint density at radius 2 is 1.59 bits per heavy atom. The standard InChI is InChI=1S/C21H24F2N2O2/c1-14(2)19(25-20(26)18-16(22)11-6-12-17(18)23)21(27)24-13-7-10-15-8-4-3-5-9-15/h3-6,8-9,11-12,14,19H,7,10,13H2,1-2H3,(H,24,27)(H,25,26). The van der Waals surface area contributed by atoms with Crippen LogP contribution in [0.25, 0.3) is 0 Å². The molecular formula is C21H24F2N2O2. The van der Waals surface area contributed by atoms with Crippen LogP contribution < -0.4 is 10.6 Å². The Labute approximate surface area is 158 Å². The molecule has 0 saturated carbocycles. The molecule has 2 amide bonds. The van der Waals surface area contributed by atoms with Crippen molar-refractivity contribution in [3.63, 3.8) is 0 Å². The van der Waals surface area contributed by atoms with Crippen LogP contribution in [0.3, 0.4) is 0 Å². The number of halogens is 2. The fraction of sp³-hybridized carbons (Fsp3) is 0.333. The first-order valence-corrected chi connectivity index (χ1v) is 8.96. The smallest absolute Gasteiger partial charge is 0.257 e. The average molecular weight is 374 g/mol. The predicted molar refractivity (Wildman–Crippen MR) is 100 cm³/mol. The van der Waals surface area contributed by atoms with Crippen LogP contribution in [0.15, 0.2) is 48.5 Å². The number of carbonyl (C=O) groups is 2. The molecule has 2 aromatic rings. The maximum absolute atomic E-state index is 13.8. The van der Waals surface area contributed by atoms with Crippen LogP contribution in [-0.4, -0.2) is 24.4 Å². The highest BCUT2D eigenvalue weighted by Gasteiger charge is 2.26. The molecule has 0 aliphatic heterocycles. The summed E-state index contributed by atoms with van der Waals surface area (Å²) in [4.78, 5) is 24.7. The minimum Gasteiger partial charge on any atom is -0.354 e. The molecule has 0 fully saturated rings. The van der Waals surface area contributed by atoms with Gasteiger partial charge in [0.1, 0.15) is 23.2 Å². The summed E-state index contributed by atoms with van der Waals surface area (Å²) in [5, 5.41) is 5.22. The van der Waals surface area contributed by atoms with Crippen molar-refractivity contribution < 1.29 is 18.4 Å². The number of benzene rings is 2. The van der Waals surface area contributed by atoms with Crippen LogP contribution in [0.2, 0.25) is 0 Å². The number of amides is 2. The molecule has 1 unspecified atom stereocenters. The minimum absolute atomic E-state index is 0.238. The van der Waals surface area contributed by atoms with Gasteiger partial charge in [-0.15, -0.1) is 0 Å². The van der Waals surface area contributed by atoms with Crippen molar-refractivity contribution in [2.45, 2.75) is 32.7 Å². The number of hydrogen-bond donors (Lipinski definition) is 2. The molecule has 0 spiro atoms. The lowest BCUT2D eigenvalue weighted by molar-refractivity contribution is -0.123. The van der Waals surface area contributed by atoms with Crippen LogP contribution in [0.4, 0.5) is 8.78 Å². The van der Waals surface area contributed by atoms with E-state index in [1.807, 2.05) is 30.3 Å². The first-order chi connectivity index (χ1) is 12.9. The Morgan fingerprint density at radius 1 is 0.963 bits per heavy atom. The van der Waals surface area contributed by atoms with Gasteiger partial charge in [-0.05, 0) is 36.5 Å². The highest BCUT2D eigenvalue weighted by Crippen LogP contribution is 2.13. The van der Waals surface area contributed by atoms with Crippen molar-refractivity contribution in [2.75, 3.05) is 6.54 Å². The predicted octanol–water partition coefficient (Wildman–Crippen LogP) is 3.47. The van der Waals surface area contributed by atoms with E-state index in [-0.39, 0.29) is 11.8 Å². The zero-order valence-electron chi connectivity index (χ0n) is 15.5. The van der Waals surface area contributed by atoms with Gasteiger partial charge >= 0.3 is 0 Å². The van der Waals surface area contributed by atoms with E-state index in [4.69, 9.17) is 0 Å². The lowest BCUT2D eigenvalue weighted by Gasteiger charge is -2.22. The summed E-state index contributed by atoms with van der Waals surface area (Å²) in [6.45, 7) is 3.96. The summed E-state index contributed by atoms with van der Waals surface area (Å²) in [5.74, 6) is -3.47. The lowest BCUT2D eigenvalue weighted by Crippen LogP contribution is -2.50. The van der Waals surface area contributed by atoms with E-state index in [1.54, 1.807) is 13.8 Å². The third-order valence-electron chi connectivity index (χ3n) is 4.21. The molecular weight excluding hydrogens is 350 g/mol. The second kappa shape index (κ2) is 9.80. The summed E-state index contributed by atoms with van der Waals surface area (Å²) < 4.78 is 27.5. The Kier molecular flexibility index (Phi) is 7.46. The summed E-state index contributed by atoms with van der Waals surface area (Å²) in [7, 11) is 0. The molecule has 0 radical (unpaired) electrons. The third kappa shape index (κ3) is 5.88. The first-order valence-electron chi connectivity index (χ1n) is 8.96. The molecule has 0 saturated heterocycles. The zero-order valence-corrected chi connectivity index (χ0v) is 15.5. The van der Waals surface area contributed by atoms with Crippen LogP contribution in [-0.2, 0) is 11.2 Å². The lowest BCUT2D eigenvalue weighted by atomic mass is 10.0. The molecule has 2 rings (SSSR count).